The number of carbonyl (C=O) groups is 1. The number of anilines is 2. The highest BCUT2D eigenvalue weighted by atomic mass is 35.5. The number of rotatable bonds is 3. The normalized spacial score (nSPS) is 22.6. The van der Waals surface area contributed by atoms with Crippen LogP contribution in [0.2, 0.25) is 5.02 Å². The van der Waals surface area contributed by atoms with Gasteiger partial charge in [-0.2, -0.15) is 0 Å². The van der Waals surface area contributed by atoms with Crippen molar-refractivity contribution in [2.75, 3.05) is 38.2 Å². The van der Waals surface area contributed by atoms with Crippen LogP contribution in [0.15, 0.2) is 18.3 Å². The van der Waals surface area contributed by atoms with Crippen molar-refractivity contribution in [3.05, 3.63) is 40.3 Å². The third-order valence-corrected chi connectivity index (χ3v) is 7.01. The van der Waals surface area contributed by atoms with Gasteiger partial charge in [0, 0.05) is 54.6 Å². The topological polar surface area (TPSA) is 97.3 Å². The zero-order valence-corrected chi connectivity index (χ0v) is 18.0. The second-order valence-electron chi connectivity index (χ2n) is 8.61. The number of aromatic nitrogens is 1. The molecule has 1 aromatic heterocycles. The van der Waals surface area contributed by atoms with E-state index in [1.54, 1.807) is 32.4 Å². The Bertz CT molecular complexity index is 1000. The fourth-order valence-electron chi connectivity index (χ4n) is 4.77. The molecule has 2 heterocycles. The number of hydrogen-bond donors (Lipinski definition) is 3. The molecule has 1 aromatic carbocycles. The van der Waals surface area contributed by atoms with Crippen molar-refractivity contribution in [1.29, 1.82) is 0 Å². The largest absolute Gasteiger partial charge is 0.398 e. The second kappa shape index (κ2) is 7.71. The Morgan fingerprint density at radius 2 is 2.03 bits per heavy atom. The number of pyridine rings is 1. The molecule has 1 spiro atoms. The number of amides is 1. The van der Waals surface area contributed by atoms with Crippen molar-refractivity contribution in [2.24, 2.45) is 11.7 Å². The van der Waals surface area contributed by atoms with E-state index in [-0.39, 0.29) is 22.2 Å². The van der Waals surface area contributed by atoms with Crippen LogP contribution in [0.5, 0.6) is 0 Å². The van der Waals surface area contributed by atoms with Crippen LogP contribution < -0.4 is 16.8 Å². The summed E-state index contributed by atoms with van der Waals surface area (Å²) in [5.41, 5.74) is 13.3. The molecule has 0 bridgehead atoms. The fraction of sp³-hybridized carbons (Fsp3) is 0.455. The average molecular weight is 432 g/mol. The SMILES string of the molecule is CN(C)C(=O)c1c(N)ccc(-c2cnc3c(c2Cl)[C@]2(CC[C@H](CN)CC2)CN3)c1F. The summed E-state index contributed by atoms with van der Waals surface area (Å²) < 4.78 is 15.4. The summed E-state index contributed by atoms with van der Waals surface area (Å²) in [6.45, 7) is 1.46. The Morgan fingerprint density at radius 3 is 2.67 bits per heavy atom. The first kappa shape index (κ1) is 20.9. The molecular weight excluding hydrogens is 405 g/mol. The zero-order valence-electron chi connectivity index (χ0n) is 17.3. The lowest BCUT2D eigenvalue weighted by molar-refractivity contribution is 0.0824. The predicted molar refractivity (Wildman–Crippen MR) is 118 cm³/mol. The molecule has 0 radical (unpaired) electrons. The predicted octanol–water partition coefficient (Wildman–Crippen LogP) is 3.64. The lowest BCUT2D eigenvalue weighted by Gasteiger charge is -2.37. The maximum Gasteiger partial charge on any atom is 0.258 e. The third-order valence-electron chi connectivity index (χ3n) is 6.62. The molecule has 1 aliphatic carbocycles. The zero-order chi connectivity index (χ0) is 21.6. The number of carbonyl (C=O) groups excluding carboxylic acids is 1. The molecule has 1 amide bonds. The summed E-state index contributed by atoms with van der Waals surface area (Å²) >= 11 is 6.89. The van der Waals surface area contributed by atoms with E-state index in [0.29, 0.717) is 23.0 Å². The van der Waals surface area contributed by atoms with Crippen molar-refractivity contribution in [3.8, 4) is 11.1 Å². The minimum absolute atomic E-state index is 0.0958. The Morgan fingerprint density at radius 1 is 1.33 bits per heavy atom. The Hall–Kier alpha value is -2.38. The summed E-state index contributed by atoms with van der Waals surface area (Å²) in [6.07, 6.45) is 5.58. The van der Waals surface area contributed by atoms with Gasteiger partial charge in [0.25, 0.3) is 5.91 Å². The Kier molecular flexibility index (Phi) is 5.36. The van der Waals surface area contributed by atoms with E-state index in [2.05, 4.69) is 10.3 Å². The number of halogens is 2. The van der Waals surface area contributed by atoms with Gasteiger partial charge in [-0.05, 0) is 50.3 Å². The lowest BCUT2D eigenvalue weighted by atomic mass is 9.67. The van der Waals surface area contributed by atoms with Crippen molar-refractivity contribution in [1.82, 2.24) is 9.88 Å². The maximum atomic E-state index is 15.4. The molecule has 2 aromatic rings. The molecule has 6 nitrogen and oxygen atoms in total. The van der Waals surface area contributed by atoms with Gasteiger partial charge in [-0.1, -0.05) is 11.6 Å². The van der Waals surface area contributed by atoms with Crippen molar-refractivity contribution in [3.63, 3.8) is 0 Å². The van der Waals surface area contributed by atoms with E-state index >= 15 is 4.39 Å². The first-order valence-corrected chi connectivity index (χ1v) is 10.6. The van der Waals surface area contributed by atoms with Gasteiger partial charge in [0.2, 0.25) is 0 Å². The van der Waals surface area contributed by atoms with Gasteiger partial charge >= 0.3 is 0 Å². The van der Waals surface area contributed by atoms with Crippen molar-refractivity contribution in [2.45, 2.75) is 31.1 Å². The van der Waals surface area contributed by atoms with E-state index in [1.807, 2.05) is 0 Å². The van der Waals surface area contributed by atoms with Gasteiger partial charge in [-0.15, -0.1) is 0 Å². The molecule has 2 aliphatic rings. The van der Waals surface area contributed by atoms with E-state index in [4.69, 9.17) is 23.1 Å². The number of nitrogen functional groups attached to an aromatic ring is 1. The van der Waals surface area contributed by atoms with Gasteiger partial charge < -0.3 is 21.7 Å². The molecule has 160 valence electrons. The first-order valence-electron chi connectivity index (χ1n) is 10.2. The van der Waals surface area contributed by atoms with Gasteiger partial charge in [0.1, 0.15) is 11.6 Å². The van der Waals surface area contributed by atoms with E-state index in [9.17, 15) is 4.79 Å². The lowest BCUT2D eigenvalue weighted by Crippen LogP contribution is -2.35. The molecule has 0 unspecified atom stereocenters. The molecule has 1 aliphatic heterocycles. The van der Waals surface area contributed by atoms with E-state index < -0.39 is 11.7 Å². The molecular formula is C22H27ClFN5O. The van der Waals surface area contributed by atoms with E-state index in [1.165, 1.54) is 4.90 Å². The third kappa shape index (κ3) is 3.20. The summed E-state index contributed by atoms with van der Waals surface area (Å²) in [4.78, 5) is 18.3. The van der Waals surface area contributed by atoms with E-state index in [0.717, 1.165) is 43.6 Å². The number of fused-ring (bicyclic) bond motifs is 2. The minimum Gasteiger partial charge on any atom is -0.398 e. The molecule has 8 heteroatoms. The highest BCUT2D eigenvalue weighted by Crippen LogP contribution is 2.51. The molecule has 5 N–H and O–H groups in total. The van der Waals surface area contributed by atoms with Crippen molar-refractivity contribution < 1.29 is 9.18 Å². The van der Waals surface area contributed by atoms with Gasteiger partial charge in [-0.25, -0.2) is 9.37 Å². The molecule has 4 rings (SSSR count). The quantitative estimate of drug-likeness (QED) is 0.644. The van der Waals surface area contributed by atoms with Crippen LogP contribution in [-0.2, 0) is 5.41 Å². The van der Waals surface area contributed by atoms with Crippen LogP contribution >= 0.6 is 11.6 Å². The summed E-state index contributed by atoms with van der Waals surface area (Å²) in [5, 5.41) is 3.87. The Balaban J connectivity index is 1.81. The second-order valence-corrected chi connectivity index (χ2v) is 8.99. The molecule has 1 saturated carbocycles. The van der Waals surface area contributed by atoms with Crippen LogP contribution in [0.25, 0.3) is 11.1 Å². The monoisotopic (exact) mass is 431 g/mol. The summed E-state index contributed by atoms with van der Waals surface area (Å²) in [6, 6.07) is 3.10. The van der Waals surface area contributed by atoms with Crippen LogP contribution in [0, 0.1) is 11.7 Å². The van der Waals surface area contributed by atoms with Crippen molar-refractivity contribution >= 4 is 29.0 Å². The molecule has 30 heavy (non-hydrogen) atoms. The minimum atomic E-state index is -0.677. The standard InChI is InChI=1S/C22H27ClFN5O/c1-29(2)21(30)16-15(26)4-3-13(19(16)24)14-10-27-20-17(18(14)23)22(11-28-20)7-5-12(9-25)6-8-22/h3-4,10,12H,5-9,11,25-26H2,1-2H3,(H,27,28)/t12-,22-. The van der Waals surface area contributed by atoms with Gasteiger partial charge in [0.15, 0.2) is 0 Å². The fourth-order valence-corrected chi connectivity index (χ4v) is 5.21. The Labute approximate surface area is 180 Å². The van der Waals surface area contributed by atoms with Gasteiger partial charge in [0.05, 0.1) is 10.6 Å². The number of nitrogens with two attached hydrogens (primary N) is 2. The number of nitrogens with one attached hydrogen (secondary N) is 1. The summed E-state index contributed by atoms with van der Waals surface area (Å²) in [5.74, 6) is 0.124. The van der Waals surface area contributed by atoms with Crippen LogP contribution in [0.4, 0.5) is 15.9 Å². The number of hydrogen-bond acceptors (Lipinski definition) is 5. The van der Waals surface area contributed by atoms with Crippen LogP contribution in [-0.4, -0.2) is 43.0 Å². The molecule has 0 atom stereocenters. The highest BCUT2D eigenvalue weighted by Gasteiger charge is 2.44. The average Bonchev–Trinajstić information content (AvgIpc) is 3.08. The highest BCUT2D eigenvalue weighted by molar-refractivity contribution is 6.34. The smallest absolute Gasteiger partial charge is 0.258 e. The molecule has 1 fully saturated rings. The molecule has 0 saturated heterocycles. The van der Waals surface area contributed by atoms with Crippen LogP contribution in [0.1, 0.15) is 41.6 Å². The van der Waals surface area contributed by atoms with Gasteiger partial charge in [-0.3, -0.25) is 4.79 Å². The maximum absolute atomic E-state index is 15.4. The number of benzene rings is 1. The first-order chi connectivity index (χ1) is 14.3. The van der Waals surface area contributed by atoms with Crippen LogP contribution in [0.3, 0.4) is 0 Å². The summed E-state index contributed by atoms with van der Waals surface area (Å²) in [7, 11) is 3.12. The number of nitrogens with zero attached hydrogens (tertiary/aromatic N) is 2.